The van der Waals surface area contributed by atoms with Gasteiger partial charge in [0.1, 0.15) is 19.1 Å². The highest BCUT2D eigenvalue weighted by Crippen LogP contribution is 2.56. The molecule has 6 rings (SSSR count). The van der Waals surface area contributed by atoms with Crippen LogP contribution in [0.4, 0.5) is 0 Å². The molecule has 0 aromatic heterocycles. The van der Waals surface area contributed by atoms with Crippen molar-refractivity contribution in [3.8, 4) is 11.1 Å². The molecule has 0 amide bonds. The fourth-order valence-corrected chi connectivity index (χ4v) is 6.37. The van der Waals surface area contributed by atoms with E-state index in [-0.39, 0.29) is 5.54 Å². The molecule has 1 atom stereocenters. The second kappa shape index (κ2) is 8.29. The SMILES string of the molecule is CC(C)C1[N+](Cc2ccccc2)=CN(Cc2ccccc2)C12c1ccccc1-c1ccccc12. The van der Waals surface area contributed by atoms with E-state index in [0.717, 1.165) is 13.1 Å². The number of hydrogen-bond acceptors (Lipinski definition) is 1. The minimum Gasteiger partial charge on any atom is -0.256 e. The quantitative estimate of drug-likeness (QED) is 0.311. The lowest BCUT2D eigenvalue weighted by Gasteiger charge is -2.37. The lowest BCUT2D eigenvalue weighted by molar-refractivity contribution is -0.583. The van der Waals surface area contributed by atoms with Gasteiger partial charge in [-0.1, -0.05) is 123 Å². The molecule has 168 valence electrons. The van der Waals surface area contributed by atoms with Gasteiger partial charge in [0.05, 0.1) is 0 Å². The first-order valence-electron chi connectivity index (χ1n) is 12.3. The average molecular weight is 444 g/mol. The van der Waals surface area contributed by atoms with Gasteiger partial charge >= 0.3 is 0 Å². The predicted octanol–water partition coefficient (Wildman–Crippen LogP) is 6.69. The molecule has 1 spiro atoms. The van der Waals surface area contributed by atoms with Crippen molar-refractivity contribution in [2.75, 3.05) is 0 Å². The third-order valence-electron chi connectivity index (χ3n) is 7.53. The fourth-order valence-electron chi connectivity index (χ4n) is 6.37. The smallest absolute Gasteiger partial charge is 0.236 e. The Balaban J connectivity index is 1.58. The second-order valence-corrected chi connectivity index (χ2v) is 9.93. The normalized spacial score (nSPS) is 17.7. The summed E-state index contributed by atoms with van der Waals surface area (Å²) in [6.45, 7) is 6.54. The monoisotopic (exact) mass is 443 g/mol. The molecule has 1 heterocycles. The molecule has 0 saturated heterocycles. The van der Waals surface area contributed by atoms with Crippen LogP contribution in [-0.2, 0) is 18.6 Å². The zero-order chi connectivity index (χ0) is 23.1. The van der Waals surface area contributed by atoms with Gasteiger partial charge in [0.15, 0.2) is 5.54 Å². The van der Waals surface area contributed by atoms with Crippen LogP contribution in [0, 0.1) is 5.92 Å². The lowest BCUT2D eigenvalue weighted by Crippen LogP contribution is -2.52. The molecule has 1 aliphatic heterocycles. The summed E-state index contributed by atoms with van der Waals surface area (Å²) in [5, 5.41) is 0. The zero-order valence-electron chi connectivity index (χ0n) is 19.9. The third-order valence-corrected chi connectivity index (χ3v) is 7.53. The predicted molar refractivity (Wildman–Crippen MR) is 140 cm³/mol. The maximum absolute atomic E-state index is 2.63. The summed E-state index contributed by atoms with van der Waals surface area (Å²) in [6, 6.07) is 40.2. The Morgan fingerprint density at radius 3 is 1.74 bits per heavy atom. The Kier molecular flexibility index (Phi) is 5.10. The summed E-state index contributed by atoms with van der Waals surface area (Å²) < 4.78 is 2.60. The van der Waals surface area contributed by atoms with Crippen LogP contribution >= 0.6 is 0 Å². The maximum atomic E-state index is 2.63. The molecule has 0 N–H and O–H groups in total. The summed E-state index contributed by atoms with van der Waals surface area (Å²) in [5.74, 6) is 0.458. The van der Waals surface area contributed by atoms with Crippen LogP contribution in [0.5, 0.6) is 0 Å². The summed E-state index contributed by atoms with van der Waals surface area (Å²) in [7, 11) is 0. The third kappa shape index (κ3) is 3.13. The molecule has 0 saturated carbocycles. The maximum Gasteiger partial charge on any atom is 0.236 e. The minimum atomic E-state index is -0.230. The Hall–Kier alpha value is -3.65. The van der Waals surface area contributed by atoms with Gasteiger partial charge in [-0.15, -0.1) is 0 Å². The Bertz CT molecular complexity index is 1290. The summed E-state index contributed by atoms with van der Waals surface area (Å²) in [4.78, 5) is 2.63. The van der Waals surface area contributed by atoms with Crippen molar-refractivity contribution in [2.24, 2.45) is 5.92 Å². The number of hydrogen-bond donors (Lipinski definition) is 0. The molecule has 0 bridgehead atoms. The van der Waals surface area contributed by atoms with E-state index in [1.165, 1.54) is 33.4 Å². The number of fused-ring (bicyclic) bond motifs is 5. The van der Waals surface area contributed by atoms with Crippen molar-refractivity contribution in [1.29, 1.82) is 0 Å². The van der Waals surface area contributed by atoms with Crippen LogP contribution in [-0.4, -0.2) is 21.9 Å². The number of rotatable bonds is 5. The molecular formula is C32H31N2+. The molecule has 0 radical (unpaired) electrons. The molecule has 1 aliphatic carbocycles. The molecule has 1 unspecified atom stereocenters. The highest BCUT2D eigenvalue weighted by Gasteiger charge is 2.63. The van der Waals surface area contributed by atoms with E-state index in [0.29, 0.717) is 12.0 Å². The van der Waals surface area contributed by atoms with Crippen LogP contribution in [0.25, 0.3) is 11.1 Å². The first kappa shape index (κ1) is 20.9. The van der Waals surface area contributed by atoms with Gasteiger partial charge in [-0.25, -0.2) is 4.90 Å². The fraction of sp³-hybridized carbons (Fsp3) is 0.219. The van der Waals surface area contributed by atoms with Crippen LogP contribution in [0.1, 0.15) is 36.1 Å². The van der Waals surface area contributed by atoms with Gasteiger partial charge in [-0.2, -0.15) is 0 Å². The van der Waals surface area contributed by atoms with E-state index in [1.807, 2.05) is 0 Å². The second-order valence-electron chi connectivity index (χ2n) is 9.93. The molecule has 4 aromatic rings. The van der Waals surface area contributed by atoms with Crippen molar-refractivity contribution in [2.45, 2.75) is 38.5 Å². The number of nitrogens with zero attached hydrogens (tertiary/aromatic N) is 2. The zero-order valence-corrected chi connectivity index (χ0v) is 19.9. The van der Waals surface area contributed by atoms with Crippen molar-refractivity contribution in [3.05, 3.63) is 131 Å². The van der Waals surface area contributed by atoms with Gasteiger partial charge < -0.3 is 0 Å². The minimum absolute atomic E-state index is 0.230. The molecule has 2 nitrogen and oxygen atoms in total. The number of benzene rings is 4. The lowest BCUT2D eigenvalue weighted by atomic mass is 9.75. The first-order chi connectivity index (χ1) is 16.7. The van der Waals surface area contributed by atoms with E-state index >= 15 is 0 Å². The van der Waals surface area contributed by atoms with Gasteiger partial charge in [-0.3, -0.25) is 4.58 Å². The van der Waals surface area contributed by atoms with E-state index < -0.39 is 0 Å². The van der Waals surface area contributed by atoms with Crippen molar-refractivity contribution in [3.63, 3.8) is 0 Å². The van der Waals surface area contributed by atoms with E-state index in [9.17, 15) is 0 Å². The summed E-state index contributed by atoms with van der Waals surface area (Å²) in [6.07, 6.45) is 2.42. The van der Waals surface area contributed by atoms with Crippen molar-refractivity contribution in [1.82, 2.24) is 4.90 Å². The van der Waals surface area contributed by atoms with Gasteiger partial charge in [0.25, 0.3) is 0 Å². The van der Waals surface area contributed by atoms with Gasteiger partial charge in [0, 0.05) is 11.1 Å². The van der Waals surface area contributed by atoms with Crippen LogP contribution in [0.15, 0.2) is 109 Å². The van der Waals surface area contributed by atoms with Gasteiger partial charge in [-0.05, 0) is 28.2 Å². The molecule has 4 aromatic carbocycles. The topological polar surface area (TPSA) is 6.25 Å². The van der Waals surface area contributed by atoms with E-state index in [2.05, 4.69) is 139 Å². The Morgan fingerprint density at radius 1 is 0.676 bits per heavy atom. The van der Waals surface area contributed by atoms with E-state index in [1.54, 1.807) is 0 Å². The summed E-state index contributed by atoms with van der Waals surface area (Å²) in [5.41, 5.74) is 8.06. The Morgan fingerprint density at radius 2 is 1.18 bits per heavy atom. The van der Waals surface area contributed by atoms with Crippen LogP contribution in [0.2, 0.25) is 0 Å². The molecular weight excluding hydrogens is 412 g/mol. The van der Waals surface area contributed by atoms with Crippen molar-refractivity contribution < 1.29 is 4.58 Å². The molecule has 34 heavy (non-hydrogen) atoms. The highest BCUT2D eigenvalue weighted by atomic mass is 15.4. The summed E-state index contributed by atoms with van der Waals surface area (Å²) >= 11 is 0. The van der Waals surface area contributed by atoms with Crippen LogP contribution < -0.4 is 0 Å². The standard InChI is InChI=1S/C32H31N2/c1-24(2)31-32(29-19-11-9-17-27(29)28-18-10-12-20-30(28)32)34(22-26-15-7-4-8-16-26)23-33(31)21-25-13-5-3-6-14-25/h3-20,23-24,31H,21-22H2,1-2H3/q+1. The highest BCUT2D eigenvalue weighted by molar-refractivity contribution is 5.83. The Labute approximate surface area is 202 Å². The molecule has 0 fully saturated rings. The van der Waals surface area contributed by atoms with Gasteiger partial charge in [0.2, 0.25) is 6.34 Å². The van der Waals surface area contributed by atoms with Crippen LogP contribution in [0.3, 0.4) is 0 Å². The average Bonchev–Trinajstić information content (AvgIpc) is 3.34. The van der Waals surface area contributed by atoms with E-state index in [4.69, 9.17) is 0 Å². The molecule has 2 heteroatoms. The largest absolute Gasteiger partial charge is 0.256 e. The van der Waals surface area contributed by atoms with Crippen molar-refractivity contribution >= 4 is 6.34 Å². The molecule has 2 aliphatic rings. The first-order valence-corrected chi connectivity index (χ1v) is 12.3.